The lowest BCUT2D eigenvalue weighted by molar-refractivity contribution is -0.118. The van der Waals surface area contributed by atoms with Crippen LogP contribution in [0.3, 0.4) is 0 Å². The average molecular weight is 374 g/mol. The normalized spacial score (nSPS) is 13.0. The summed E-state index contributed by atoms with van der Waals surface area (Å²) in [6, 6.07) is 7.07. The monoisotopic (exact) mass is 374 g/mol. The molecule has 1 aliphatic rings. The number of benzene rings is 1. The molecule has 3 rings (SSSR count). The Labute approximate surface area is 156 Å². The van der Waals surface area contributed by atoms with Crippen molar-refractivity contribution in [2.75, 3.05) is 18.5 Å². The van der Waals surface area contributed by atoms with Gasteiger partial charge in [-0.05, 0) is 62.4 Å². The Morgan fingerprint density at radius 3 is 2.42 bits per heavy atom. The number of amides is 2. The third kappa shape index (κ3) is 4.16. The van der Waals surface area contributed by atoms with E-state index in [1.807, 2.05) is 6.92 Å². The van der Waals surface area contributed by atoms with E-state index >= 15 is 0 Å². The highest BCUT2D eigenvalue weighted by atomic mass is 32.1. The van der Waals surface area contributed by atoms with E-state index in [-0.39, 0.29) is 12.5 Å². The highest BCUT2D eigenvalue weighted by molar-refractivity contribution is 7.17. The van der Waals surface area contributed by atoms with Crippen LogP contribution in [-0.2, 0) is 17.6 Å². The minimum absolute atomic E-state index is 0.144. The Kier molecular flexibility index (Phi) is 5.78. The fraction of sp³-hybridized carbons (Fsp3) is 0.368. The zero-order chi connectivity index (χ0) is 18.5. The van der Waals surface area contributed by atoms with Crippen LogP contribution in [0, 0.1) is 0 Å². The van der Waals surface area contributed by atoms with Gasteiger partial charge in [-0.2, -0.15) is 0 Å². The molecule has 7 heteroatoms. The molecule has 3 N–H and O–H groups in total. The van der Waals surface area contributed by atoms with E-state index < -0.39 is 5.91 Å². The molecule has 0 saturated heterocycles. The number of ether oxygens (including phenoxy) is 2. The van der Waals surface area contributed by atoms with Crippen molar-refractivity contribution in [3.8, 4) is 11.5 Å². The van der Waals surface area contributed by atoms with Crippen molar-refractivity contribution in [3.63, 3.8) is 0 Å². The Hall–Kier alpha value is -2.54. The maximum absolute atomic E-state index is 12.2. The molecule has 1 heterocycles. The van der Waals surface area contributed by atoms with Gasteiger partial charge in [0.25, 0.3) is 11.8 Å². The van der Waals surface area contributed by atoms with Crippen LogP contribution in [0.5, 0.6) is 11.5 Å². The van der Waals surface area contributed by atoms with Crippen molar-refractivity contribution in [3.05, 3.63) is 40.3 Å². The van der Waals surface area contributed by atoms with E-state index in [1.165, 1.54) is 11.3 Å². The SMILES string of the molecule is CCOc1ccc(OCC(=O)Nc2sc3c(c2C(N)=O)CCCC3)cc1. The molecule has 0 bridgehead atoms. The van der Waals surface area contributed by atoms with Gasteiger partial charge in [-0.1, -0.05) is 0 Å². The van der Waals surface area contributed by atoms with Gasteiger partial charge in [0, 0.05) is 4.88 Å². The van der Waals surface area contributed by atoms with E-state index in [0.29, 0.717) is 22.9 Å². The summed E-state index contributed by atoms with van der Waals surface area (Å²) in [4.78, 5) is 25.2. The van der Waals surface area contributed by atoms with Gasteiger partial charge < -0.3 is 20.5 Å². The predicted molar refractivity (Wildman–Crippen MR) is 101 cm³/mol. The third-order valence-corrected chi connectivity index (χ3v) is 5.38. The molecule has 1 aromatic carbocycles. The number of fused-ring (bicyclic) bond motifs is 1. The first-order chi connectivity index (χ1) is 12.6. The van der Waals surface area contributed by atoms with Crippen LogP contribution in [0.2, 0.25) is 0 Å². The molecule has 2 amide bonds. The summed E-state index contributed by atoms with van der Waals surface area (Å²) < 4.78 is 10.9. The van der Waals surface area contributed by atoms with Crippen LogP contribution < -0.4 is 20.5 Å². The number of nitrogens with two attached hydrogens (primary N) is 1. The second kappa shape index (κ2) is 8.23. The van der Waals surface area contributed by atoms with Crippen LogP contribution in [0.1, 0.15) is 40.6 Å². The fourth-order valence-corrected chi connectivity index (χ4v) is 4.34. The standard InChI is InChI=1S/C19H22N2O4S/c1-2-24-12-7-9-13(10-8-12)25-11-16(22)21-19-17(18(20)23)14-5-3-4-6-15(14)26-19/h7-10H,2-6,11H2,1H3,(H2,20,23)(H,21,22). The quantitative estimate of drug-likeness (QED) is 0.779. The average Bonchev–Trinajstić information content (AvgIpc) is 2.99. The molecule has 2 aromatic rings. The van der Waals surface area contributed by atoms with Crippen molar-refractivity contribution in [1.29, 1.82) is 0 Å². The van der Waals surface area contributed by atoms with E-state index in [4.69, 9.17) is 15.2 Å². The Morgan fingerprint density at radius 2 is 1.77 bits per heavy atom. The molecule has 26 heavy (non-hydrogen) atoms. The van der Waals surface area contributed by atoms with Crippen molar-refractivity contribution in [2.45, 2.75) is 32.6 Å². The summed E-state index contributed by atoms with van der Waals surface area (Å²) in [5.41, 5.74) is 6.99. The number of aryl methyl sites for hydroxylation is 1. The smallest absolute Gasteiger partial charge is 0.262 e. The van der Waals surface area contributed by atoms with Gasteiger partial charge in [0.15, 0.2) is 6.61 Å². The minimum atomic E-state index is -0.493. The van der Waals surface area contributed by atoms with E-state index in [2.05, 4.69) is 5.32 Å². The van der Waals surface area contributed by atoms with Gasteiger partial charge in [-0.3, -0.25) is 9.59 Å². The van der Waals surface area contributed by atoms with Crippen molar-refractivity contribution in [2.24, 2.45) is 5.73 Å². The first kappa shape index (κ1) is 18.3. The molecule has 0 radical (unpaired) electrons. The second-order valence-corrected chi connectivity index (χ2v) is 7.13. The molecular weight excluding hydrogens is 352 g/mol. The molecule has 0 aliphatic heterocycles. The van der Waals surface area contributed by atoms with Crippen LogP contribution in [0.15, 0.2) is 24.3 Å². The highest BCUT2D eigenvalue weighted by Crippen LogP contribution is 2.37. The van der Waals surface area contributed by atoms with Gasteiger partial charge in [-0.15, -0.1) is 11.3 Å². The maximum Gasteiger partial charge on any atom is 0.262 e. The van der Waals surface area contributed by atoms with E-state index in [1.54, 1.807) is 24.3 Å². The number of carbonyl (C=O) groups excluding carboxylic acids is 2. The largest absolute Gasteiger partial charge is 0.494 e. The van der Waals surface area contributed by atoms with Crippen molar-refractivity contribution < 1.29 is 19.1 Å². The summed E-state index contributed by atoms with van der Waals surface area (Å²) in [6.07, 6.45) is 3.90. The molecule has 6 nitrogen and oxygen atoms in total. The van der Waals surface area contributed by atoms with Crippen LogP contribution in [0.25, 0.3) is 0 Å². The van der Waals surface area contributed by atoms with Crippen LogP contribution >= 0.6 is 11.3 Å². The second-order valence-electron chi connectivity index (χ2n) is 6.02. The predicted octanol–water partition coefficient (Wildman–Crippen LogP) is 3.14. The summed E-state index contributed by atoms with van der Waals surface area (Å²) >= 11 is 1.44. The number of primary amides is 1. The third-order valence-electron chi connectivity index (χ3n) is 4.18. The molecule has 0 fully saturated rings. The van der Waals surface area contributed by atoms with Crippen molar-refractivity contribution >= 4 is 28.2 Å². The lowest BCUT2D eigenvalue weighted by atomic mass is 9.95. The number of anilines is 1. The lowest BCUT2D eigenvalue weighted by Crippen LogP contribution is -2.22. The van der Waals surface area contributed by atoms with Gasteiger partial charge in [0.1, 0.15) is 16.5 Å². The van der Waals surface area contributed by atoms with Crippen LogP contribution in [-0.4, -0.2) is 25.0 Å². The molecule has 138 valence electrons. The summed E-state index contributed by atoms with van der Waals surface area (Å²) in [7, 11) is 0. The Bertz CT molecular complexity index is 799. The molecule has 0 spiro atoms. The zero-order valence-electron chi connectivity index (χ0n) is 14.7. The van der Waals surface area contributed by atoms with Gasteiger partial charge in [0.05, 0.1) is 12.2 Å². The number of nitrogens with one attached hydrogen (secondary N) is 1. The number of hydrogen-bond acceptors (Lipinski definition) is 5. The van der Waals surface area contributed by atoms with E-state index in [9.17, 15) is 9.59 Å². The summed E-state index contributed by atoms with van der Waals surface area (Å²) in [5.74, 6) is 0.510. The topological polar surface area (TPSA) is 90.7 Å². The number of rotatable bonds is 7. The summed E-state index contributed by atoms with van der Waals surface area (Å²) in [5, 5.41) is 3.31. The number of hydrogen-bond donors (Lipinski definition) is 2. The Morgan fingerprint density at radius 1 is 1.12 bits per heavy atom. The van der Waals surface area contributed by atoms with Crippen LogP contribution in [0.4, 0.5) is 5.00 Å². The van der Waals surface area contributed by atoms with Crippen molar-refractivity contribution in [1.82, 2.24) is 0 Å². The maximum atomic E-state index is 12.2. The molecular formula is C19H22N2O4S. The fourth-order valence-electron chi connectivity index (χ4n) is 3.02. The lowest BCUT2D eigenvalue weighted by Gasteiger charge is -2.11. The highest BCUT2D eigenvalue weighted by Gasteiger charge is 2.24. The summed E-state index contributed by atoms with van der Waals surface area (Å²) in [6.45, 7) is 2.36. The molecule has 1 aliphatic carbocycles. The number of thiophene rings is 1. The first-order valence-corrected chi connectivity index (χ1v) is 9.50. The van der Waals surface area contributed by atoms with Gasteiger partial charge in [0.2, 0.25) is 0 Å². The van der Waals surface area contributed by atoms with Gasteiger partial charge >= 0.3 is 0 Å². The molecule has 0 atom stereocenters. The van der Waals surface area contributed by atoms with E-state index in [0.717, 1.165) is 41.9 Å². The molecule has 1 aromatic heterocycles. The molecule has 0 unspecified atom stereocenters. The Balaban J connectivity index is 1.63. The first-order valence-electron chi connectivity index (χ1n) is 8.68. The number of carbonyl (C=O) groups is 2. The minimum Gasteiger partial charge on any atom is -0.494 e. The zero-order valence-corrected chi connectivity index (χ0v) is 15.5. The molecule has 0 saturated carbocycles. The van der Waals surface area contributed by atoms with Gasteiger partial charge in [-0.25, -0.2) is 0 Å².